The molecule has 6 aromatic rings. The number of hydrogen-bond acceptors (Lipinski definition) is 0. The lowest BCUT2D eigenvalue weighted by molar-refractivity contribution is 0.694. The standard InChI is InChI=1S/C42H33N/c1-27-15-13-24-36-30(4)43(39-25-11-8-18-32(27)39)40-26-12-10-23-38(40)42(36)29(3)41(35-20-7-9-22-37(35)42)28(2)33-21-14-17-31-16-5-6-19-34(31)33/h5-26H,2H2,1,3-4H3. The van der Waals surface area contributed by atoms with Gasteiger partial charge >= 0.3 is 0 Å². The zero-order valence-corrected chi connectivity index (χ0v) is 24.9. The van der Waals surface area contributed by atoms with Crippen LogP contribution in [0.2, 0.25) is 0 Å². The molecule has 5 aromatic carbocycles. The second-order valence-corrected chi connectivity index (χ2v) is 11.9. The van der Waals surface area contributed by atoms with E-state index in [9.17, 15) is 0 Å². The zero-order chi connectivity index (χ0) is 29.3. The van der Waals surface area contributed by atoms with Crippen LogP contribution in [-0.4, -0.2) is 4.57 Å². The minimum atomic E-state index is -0.450. The number of para-hydroxylation sites is 2. The highest BCUT2D eigenvalue weighted by Gasteiger charge is 2.50. The maximum atomic E-state index is 4.82. The van der Waals surface area contributed by atoms with Gasteiger partial charge in [0.2, 0.25) is 0 Å². The Morgan fingerprint density at radius 2 is 1.21 bits per heavy atom. The van der Waals surface area contributed by atoms with Gasteiger partial charge in [0.1, 0.15) is 0 Å². The Bertz CT molecular complexity index is 2230. The lowest BCUT2D eigenvalue weighted by atomic mass is 9.65. The van der Waals surface area contributed by atoms with E-state index in [4.69, 9.17) is 6.58 Å². The SMILES string of the molecule is C=C(C1=C(C)C2(c3ccccc31)c1ccccc1-n1c(C)c2cccc(C)c2ccccc21)c1cccc2ccccc12. The van der Waals surface area contributed by atoms with E-state index in [2.05, 4.69) is 159 Å². The molecule has 0 N–H and O–H groups in total. The van der Waals surface area contributed by atoms with E-state index in [1.165, 1.54) is 77.6 Å². The van der Waals surface area contributed by atoms with Gasteiger partial charge in [-0.2, -0.15) is 0 Å². The van der Waals surface area contributed by atoms with Crippen LogP contribution in [0.4, 0.5) is 0 Å². The Hall–Kier alpha value is -5.14. The summed E-state index contributed by atoms with van der Waals surface area (Å²) in [6, 6.07) is 48.9. The fourth-order valence-electron chi connectivity index (χ4n) is 7.97. The van der Waals surface area contributed by atoms with Crippen LogP contribution in [-0.2, 0) is 5.41 Å². The zero-order valence-electron chi connectivity index (χ0n) is 24.9. The van der Waals surface area contributed by atoms with Crippen LogP contribution in [0.15, 0.2) is 146 Å². The molecule has 1 nitrogen and oxygen atoms in total. The Morgan fingerprint density at radius 3 is 2.07 bits per heavy atom. The van der Waals surface area contributed by atoms with Crippen LogP contribution >= 0.6 is 0 Å². The summed E-state index contributed by atoms with van der Waals surface area (Å²) in [7, 11) is 0. The van der Waals surface area contributed by atoms with Gasteiger partial charge in [-0.25, -0.2) is 0 Å². The van der Waals surface area contributed by atoms with Crippen molar-refractivity contribution in [1.82, 2.24) is 4.57 Å². The van der Waals surface area contributed by atoms with Gasteiger partial charge in [0.15, 0.2) is 0 Å². The summed E-state index contributed by atoms with van der Waals surface area (Å²) >= 11 is 0. The molecule has 8 rings (SSSR count). The van der Waals surface area contributed by atoms with Crippen molar-refractivity contribution in [3.05, 3.63) is 185 Å². The molecule has 0 amide bonds. The van der Waals surface area contributed by atoms with Crippen molar-refractivity contribution in [2.24, 2.45) is 0 Å². The molecule has 1 aromatic heterocycles. The summed E-state index contributed by atoms with van der Waals surface area (Å²) in [5, 5.41) is 3.72. The van der Waals surface area contributed by atoms with Gasteiger partial charge in [-0.05, 0) is 93.8 Å². The molecule has 1 heteroatoms. The van der Waals surface area contributed by atoms with Crippen molar-refractivity contribution < 1.29 is 0 Å². The summed E-state index contributed by atoms with van der Waals surface area (Å²) in [5.74, 6) is 0. The van der Waals surface area contributed by atoms with E-state index in [0.29, 0.717) is 0 Å². The molecule has 1 aliphatic heterocycles. The number of rotatable bonds is 2. The largest absolute Gasteiger partial charge is 0.313 e. The van der Waals surface area contributed by atoms with E-state index in [-0.39, 0.29) is 0 Å². The maximum absolute atomic E-state index is 4.82. The van der Waals surface area contributed by atoms with Crippen molar-refractivity contribution in [2.45, 2.75) is 26.2 Å². The summed E-state index contributed by atoms with van der Waals surface area (Å²) in [6.07, 6.45) is 0. The molecule has 2 aliphatic rings. The quantitative estimate of drug-likeness (QED) is 0.202. The second-order valence-electron chi connectivity index (χ2n) is 11.9. The Labute approximate surface area is 253 Å². The molecule has 1 unspecified atom stereocenters. The van der Waals surface area contributed by atoms with Crippen molar-refractivity contribution in [3.63, 3.8) is 0 Å². The molecule has 43 heavy (non-hydrogen) atoms. The Balaban J connectivity index is 1.54. The minimum Gasteiger partial charge on any atom is -0.313 e. The first kappa shape index (κ1) is 25.6. The highest BCUT2D eigenvalue weighted by Crippen LogP contribution is 2.60. The Morgan fingerprint density at radius 1 is 0.581 bits per heavy atom. The molecule has 2 bridgehead atoms. The van der Waals surface area contributed by atoms with E-state index in [0.717, 1.165) is 5.57 Å². The molecule has 0 fully saturated rings. The number of aromatic nitrogens is 1. The van der Waals surface area contributed by atoms with Gasteiger partial charge in [0, 0.05) is 11.1 Å². The maximum Gasteiger partial charge on any atom is 0.0711 e. The summed E-state index contributed by atoms with van der Waals surface area (Å²) in [4.78, 5) is 0. The molecule has 0 radical (unpaired) electrons. The van der Waals surface area contributed by atoms with Gasteiger partial charge in [0.05, 0.1) is 16.6 Å². The van der Waals surface area contributed by atoms with Gasteiger partial charge in [-0.15, -0.1) is 0 Å². The van der Waals surface area contributed by atoms with Crippen LogP contribution in [0.3, 0.4) is 0 Å². The van der Waals surface area contributed by atoms with Crippen LogP contribution < -0.4 is 0 Å². The molecule has 0 saturated carbocycles. The first-order valence-electron chi connectivity index (χ1n) is 15.1. The number of benzene rings is 5. The normalized spacial score (nSPS) is 16.3. The van der Waals surface area contributed by atoms with Crippen LogP contribution in [0.1, 0.15) is 46.0 Å². The van der Waals surface area contributed by atoms with Crippen LogP contribution in [0.5, 0.6) is 0 Å². The van der Waals surface area contributed by atoms with E-state index >= 15 is 0 Å². The number of aryl methyl sites for hydroxylation is 1. The lowest BCUT2D eigenvalue weighted by Crippen LogP contribution is -2.35. The third-order valence-electron chi connectivity index (χ3n) is 9.81. The van der Waals surface area contributed by atoms with Crippen molar-refractivity contribution in [3.8, 4) is 5.69 Å². The van der Waals surface area contributed by atoms with Crippen molar-refractivity contribution in [2.75, 3.05) is 0 Å². The molecule has 0 saturated heterocycles. The average Bonchev–Trinajstić information content (AvgIpc) is 3.31. The van der Waals surface area contributed by atoms with Crippen molar-refractivity contribution in [1.29, 1.82) is 0 Å². The molecule has 1 aliphatic carbocycles. The summed E-state index contributed by atoms with van der Waals surface area (Å²) in [5.41, 5.74) is 14.5. The number of allylic oxidation sites excluding steroid dienone is 3. The van der Waals surface area contributed by atoms with Gasteiger partial charge < -0.3 is 4.57 Å². The minimum absolute atomic E-state index is 0.450. The number of nitrogens with zero attached hydrogens (tertiary/aromatic N) is 1. The van der Waals surface area contributed by atoms with Gasteiger partial charge in [-0.1, -0.05) is 128 Å². The number of fused-ring (bicyclic) bond motifs is 11. The topological polar surface area (TPSA) is 4.93 Å². The highest BCUT2D eigenvalue weighted by atomic mass is 15.0. The average molecular weight is 552 g/mol. The van der Waals surface area contributed by atoms with Crippen LogP contribution in [0.25, 0.3) is 38.5 Å². The second kappa shape index (κ2) is 9.44. The van der Waals surface area contributed by atoms with Crippen molar-refractivity contribution >= 4 is 32.8 Å². The fourth-order valence-corrected chi connectivity index (χ4v) is 7.97. The van der Waals surface area contributed by atoms with E-state index in [1.807, 2.05) is 0 Å². The molecule has 206 valence electrons. The monoisotopic (exact) mass is 551 g/mol. The highest BCUT2D eigenvalue weighted by molar-refractivity contribution is 6.14. The summed E-state index contributed by atoms with van der Waals surface area (Å²) < 4.78 is 2.48. The Kier molecular flexibility index (Phi) is 5.61. The van der Waals surface area contributed by atoms with E-state index < -0.39 is 5.41 Å². The molecule has 2 heterocycles. The predicted molar refractivity (Wildman–Crippen MR) is 182 cm³/mol. The summed E-state index contributed by atoms with van der Waals surface area (Å²) in [6.45, 7) is 11.7. The molecular formula is C42H33N. The molecular weight excluding hydrogens is 518 g/mol. The molecule has 1 spiro atoms. The number of hydrogen-bond donors (Lipinski definition) is 0. The predicted octanol–water partition coefficient (Wildman–Crippen LogP) is 10.7. The molecule has 1 atom stereocenters. The lowest BCUT2D eigenvalue weighted by Gasteiger charge is -2.41. The smallest absolute Gasteiger partial charge is 0.0711 e. The van der Waals surface area contributed by atoms with Gasteiger partial charge in [-0.3, -0.25) is 0 Å². The van der Waals surface area contributed by atoms with Gasteiger partial charge in [0.25, 0.3) is 0 Å². The third kappa shape index (κ3) is 3.40. The first-order valence-corrected chi connectivity index (χ1v) is 15.1. The van der Waals surface area contributed by atoms with Crippen LogP contribution in [0, 0.1) is 13.8 Å². The van der Waals surface area contributed by atoms with E-state index in [1.54, 1.807) is 0 Å². The first-order chi connectivity index (χ1) is 21.0. The fraction of sp³-hybridized carbons (Fsp3) is 0.0952. The third-order valence-corrected chi connectivity index (χ3v) is 9.81.